The predicted octanol–water partition coefficient (Wildman–Crippen LogP) is 3.53. The Labute approximate surface area is 168 Å². The van der Waals surface area contributed by atoms with Crippen molar-refractivity contribution in [1.82, 2.24) is 9.29 Å². The number of nitrogens with one attached hydrogen (secondary N) is 1. The number of nitrogens with zero attached hydrogens (tertiary/aromatic N) is 1. The first-order valence-electron chi connectivity index (χ1n) is 9.16. The molecular weight excluding hydrogens is 396 g/mol. The van der Waals surface area contributed by atoms with Crippen LogP contribution in [0.4, 0.5) is 0 Å². The van der Waals surface area contributed by atoms with Crippen LogP contribution in [-0.4, -0.2) is 25.6 Å². The fraction of sp³-hybridized carbons (Fsp3) is 0.350. The van der Waals surface area contributed by atoms with Crippen LogP contribution < -0.4 is 14.3 Å². The van der Waals surface area contributed by atoms with Gasteiger partial charge in [-0.15, -0.1) is 0 Å². The van der Waals surface area contributed by atoms with E-state index in [-0.39, 0.29) is 16.4 Å². The monoisotopic (exact) mass is 420 g/mol. The molecule has 3 rings (SSSR count). The van der Waals surface area contributed by atoms with Crippen molar-refractivity contribution >= 4 is 31.6 Å². The average Bonchev–Trinajstić information content (AvgIpc) is 2.96. The summed E-state index contributed by atoms with van der Waals surface area (Å²) in [6.45, 7) is 6.53. The molecular formula is C20H24N2O4S2. The first-order valence-corrected chi connectivity index (χ1v) is 11.5. The van der Waals surface area contributed by atoms with Gasteiger partial charge in [-0.05, 0) is 50.1 Å². The van der Waals surface area contributed by atoms with E-state index in [4.69, 9.17) is 4.74 Å². The molecule has 1 N–H and O–H groups in total. The molecule has 0 saturated heterocycles. The lowest BCUT2D eigenvalue weighted by Gasteiger charge is -2.16. The smallest absolute Gasteiger partial charge is 0.308 e. The number of fused-ring (bicyclic) bond motifs is 1. The fourth-order valence-corrected chi connectivity index (χ4v) is 5.23. The van der Waals surface area contributed by atoms with Crippen LogP contribution in [0.25, 0.3) is 10.2 Å². The van der Waals surface area contributed by atoms with E-state index < -0.39 is 16.1 Å². The number of para-hydroxylation sites is 1. The maximum Gasteiger partial charge on any atom is 0.308 e. The molecule has 0 spiro atoms. The number of sulfonamides is 1. The molecule has 0 aliphatic carbocycles. The molecule has 1 aromatic heterocycles. The highest BCUT2D eigenvalue weighted by Crippen LogP contribution is 2.22. The molecule has 0 radical (unpaired) electrons. The maximum atomic E-state index is 12.7. The van der Waals surface area contributed by atoms with Crippen LogP contribution in [0, 0.1) is 6.92 Å². The summed E-state index contributed by atoms with van der Waals surface area (Å²) in [6.07, 6.45) is 0.839. The van der Waals surface area contributed by atoms with Crippen molar-refractivity contribution < 1.29 is 13.2 Å². The minimum atomic E-state index is -3.72. The number of aryl methyl sites for hydroxylation is 2. The molecule has 0 bridgehead atoms. The van der Waals surface area contributed by atoms with Crippen LogP contribution in [-0.2, 0) is 16.6 Å². The minimum Gasteiger partial charge on any atom is -0.492 e. The first-order chi connectivity index (χ1) is 13.3. The maximum absolute atomic E-state index is 12.7. The molecule has 1 atom stereocenters. The predicted molar refractivity (Wildman–Crippen MR) is 113 cm³/mol. The van der Waals surface area contributed by atoms with Crippen LogP contribution in [0.5, 0.6) is 5.75 Å². The van der Waals surface area contributed by atoms with Crippen LogP contribution in [0.15, 0.2) is 52.2 Å². The summed E-state index contributed by atoms with van der Waals surface area (Å²) >= 11 is 1.07. The zero-order chi connectivity index (χ0) is 20.3. The van der Waals surface area contributed by atoms with Crippen molar-refractivity contribution in [3.8, 4) is 5.75 Å². The molecule has 150 valence electrons. The number of benzene rings is 2. The third-order valence-electron chi connectivity index (χ3n) is 4.34. The van der Waals surface area contributed by atoms with Crippen LogP contribution in [0.1, 0.15) is 25.8 Å². The molecule has 6 nitrogen and oxygen atoms in total. The Morgan fingerprint density at radius 2 is 1.96 bits per heavy atom. The highest BCUT2D eigenvalue weighted by Gasteiger charge is 2.19. The van der Waals surface area contributed by atoms with E-state index in [0.717, 1.165) is 34.6 Å². The van der Waals surface area contributed by atoms with E-state index in [2.05, 4.69) is 4.72 Å². The number of aromatic nitrogens is 1. The van der Waals surface area contributed by atoms with E-state index in [1.807, 2.05) is 38.1 Å². The minimum absolute atomic E-state index is 0.0700. The third kappa shape index (κ3) is 4.45. The summed E-state index contributed by atoms with van der Waals surface area (Å²) in [7, 11) is -3.72. The van der Waals surface area contributed by atoms with Gasteiger partial charge in [0, 0.05) is 6.54 Å². The van der Waals surface area contributed by atoms with Crippen molar-refractivity contribution in [1.29, 1.82) is 0 Å². The summed E-state index contributed by atoms with van der Waals surface area (Å²) in [5.41, 5.74) is 1.77. The lowest BCUT2D eigenvalue weighted by molar-refractivity contribution is 0.286. The topological polar surface area (TPSA) is 77.4 Å². The number of rotatable bonds is 8. The first kappa shape index (κ1) is 20.6. The van der Waals surface area contributed by atoms with Gasteiger partial charge in [-0.1, -0.05) is 36.5 Å². The number of ether oxygens (including phenoxy) is 1. The number of hydrogen-bond donors (Lipinski definition) is 1. The summed E-state index contributed by atoms with van der Waals surface area (Å²) < 4.78 is 36.2. The highest BCUT2D eigenvalue weighted by atomic mass is 32.2. The van der Waals surface area contributed by atoms with Crippen LogP contribution >= 0.6 is 11.3 Å². The van der Waals surface area contributed by atoms with Gasteiger partial charge in [0.15, 0.2) is 0 Å². The summed E-state index contributed by atoms with van der Waals surface area (Å²) in [5.74, 6) is 0.733. The quantitative estimate of drug-likeness (QED) is 0.605. The van der Waals surface area contributed by atoms with Gasteiger partial charge in [0.05, 0.1) is 21.2 Å². The van der Waals surface area contributed by atoms with Crippen molar-refractivity contribution in [2.24, 2.45) is 0 Å². The van der Waals surface area contributed by atoms with Crippen molar-refractivity contribution in [3.63, 3.8) is 0 Å². The van der Waals surface area contributed by atoms with Gasteiger partial charge in [-0.25, -0.2) is 13.1 Å². The molecule has 0 unspecified atom stereocenters. The zero-order valence-electron chi connectivity index (χ0n) is 16.1. The second-order valence-corrected chi connectivity index (χ2v) is 9.46. The van der Waals surface area contributed by atoms with E-state index >= 15 is 0 Å². The molecule has 8 heteroatoms. The Morgan fingerprint density at radius 3 is 2.68 bits per heavy atom. The van der Waals surface area contributed by atoms with Crippen molar-refractivity contribution in [2.45, 2.75) is 44.7 Å². The molecule has 1 heterocycles. The average molecular weight is 421 g/mol. The summed E-state index contributed by atoms with van der Waals surface area (Å²) in [4.78, 5) is 12.2. The van der Waals surface area contributed by atoms with Gasteiger partial charge in [0.1, 0.15) is 12.4 Å². The molecule has 0 saturated carbocycles. The van der Waals surface area contributed by atoms with Gasteiger partial charge in [-0.3, -0.25) is 9.36 Å². The fourth-order valence-electron chi connectivity index (χ4n) is 2.95. The molecule has 0 aliphatic heterocycles. The highest BCUT2D eigenvalue weighted by molar-refractivity contribution is 7.89. The Bertz CT molecular complexity index is 1130. The van der Waals surface area contributed by atoms with Gasteiger partial charge in [-0.2, -0.15) is 0 Å². The van der Waals surface area contributed by atoms with Crippen LogP contribution in [0.2, 0.25) is 0 Å². The Hall–Kier alpha value is -2.16. The number of hydrogen-bond acceptors (Lipinski definition) is 5. The molecule has 0 aliphatic rings. The second-order valence-electron chi connectivity index (χ2n) is 6.75. The SMILES string of the molecule is CCCn1c(=O)sc2cc(S(=O)(=O)N[C@H](C)COc3ccccc3C)ccc21. The Kier molecular flexibility index (Phi) is 6.22. The van der Waals surface area contributed by atoms with Crippen molar-refractivity contribution in [2.75, 3.05) is 6.61 Å². The molecule has 0 fully saturated rings. The molecule has 0 amide bonds. The van der Waals surface area contributed by atoms with Gasteiger partial charge in [0.2, 0.25) is 10.0 Å². The molecule has 28 heavy (non-hydrogen) atoms. The lowest BCUT2D eigenvalue weighted by atomic mass is 10.2. The molecule has 3 aromatic rings. The zero-order valence-corrected chi connectivity index (χ0v) is 17.8. The van der Waals surface area contributed by atoms with E-state index in [0.29, 0.717) is 11.2 Å². The standard InChI is InChI=1S/C20H24N2O4S2/c1-4-11-22-17-10-9-16(12-19(17)27-20(22)23)28(24,25)21-15(3)13-26-18-8-6-5-7-14(18)2/h5-10,12,15,21H,4,11,13H2,1-3H3/t15-/m1/s1. The van der Waals surface area contributed by atoms with E-state index in [1.54, 1.807) is 23.6 Å². The summed E-state index contributed by atoms with van der Waals surface area (Å²) in [6, 6.07) is 12.0. The van der Waals surface area contributed by atoms with Crippen LogP contribution in [0.3, 0.4) is 0 Å². The largest absolute Gasteiger partial charge is 0.492 e. The normalized spacial score (nSPS) is 13.0. The Balaban J connectivity index is 1.75. The second kappa shape index (κ2) is 8.46. The van der Waals surface area contributed by atoms with Crippen molar-refractivity contribution in [3.05, 3.63) is 57.7 Å². The summed E-state index contributed by atoms with van der Waals surface area (Å²) in [5, 5.41) is 0. The van der Waals surface area contributed by atoms with Gasteiger partial charge in [0.25, 0.3) is 0 Å². The van der Waals surface area contributed by atoms with Gasteiger partial charge < -0.3 is 4.74 Å². The molecule has 2 aromatic carbocycles. The number of thiazole rings is 1. The van der Waals surface area contributed by atoms with Gasteiger partial charge >= 0.3 is 4.87 Å². The Morgan fingerprint density at radius 1 is 1.21 bits per heavy atom. The van der Waals surface area contributed by atoms with E-state index in [1.165, 1.54) is 6.07 Å². The third-order valence-corrected chi connectivity index (χ3v) is 6.87. The van der Waals surface area contributed by atoms with E-state index in [9.17, 15) is 13.2 Å². The lowest BCUT2D eigenvalue weighted by Crippen LogP contribution is -2.36.